The summed E-state index contributed by atoms with van der Waals surface area (Å²) in [4.78, 5) is 13.9. The Bertz CT molecular complexity index is 494. The van der Waals surface area contributed by atoms with Gasteiger partial charge in [-0.15, -0.1) is 0 Å². The molecule has 0 saturated carbocycles. The van der Waals surface area contributed by atoms with E-state index in [1.807, 2.05) is 19.9 Å². The maximum Gasteiger partial charge on any atom is 0.374 e. The molecule has 3 atom stereocenters. The van der Waals surface area contributed by atoms with Crippen molar-refractivity contribution in [2.45, 2.75) is 45.8 Å². The van der Waals surface area contributed by atoms with Crippen LogP contribution in [0.3, 0.4) is 0 Å². The van der Waals surface area contributed by atoms with Crippen LogP contribution in [0.5, 0.6) is 0 Å². The van der Waals surface area contributed by atoms with E-state index in [1.165, 1.54) is 7.11 Å². The van der Waals surface area contributed by atoms with Crippen molar-refractivity contribution in [3.63, 3.8) is 0 Å². The van der Waals surface area contributed by atoms with Gasteiger partial charge in [-0.05, 0) is 52.1 Å². The quantitative estimate of drug-likeness (QED) is 0.865. The van der Waals surface area contributed by atoms with Crippen LogP contribution in [0.15, 0.2) is 10.5 Å². The fourth-order valence-corrected chi connectivity index (χ4v) is 2.97. The van der Waals surface area contributed by atoms with Crippen molar-refractivity contribution in [1.82, 2.24) is 4.90 Å². The summed E-state index contributed by atoms with van der Waals surface area (Å²) >= 11 is 0. The lowest BCUT2D eigenvalue weighted by atomic mass is 9.92. The van der Waals surface area contributed by atoms with Gasteiger partial charge in [-0.2, -0.15) is 0 Å². The standard InChI is InChI=1S/C16H25NO4/c1-10-8-14(21-15(10)16(19)20-4)11(2)17-7-5-6-13(9-17)12(3)18/h8,11-13,18H,5-7,9H2,1-4H3/t11-,12+,13-/m0/s1. The van der Waals surface area contributed by atoms with Gasteiger partial charge in [0.05, 0.1) is 19.3 Å². The van der Waals surface area contributed by atoms with Gasteiger partial charge in [0.25, 0.3) is 0 Å². The van der Waals surface area contributed by atoms with Crippen LogP contribution in [0.1, 0.15) is 54.6 Å². The third kappa shape index (κ3) is 3.47. The van der Waals surface area contributed by atoms with E-state index in [0.29, 0.717) is 5.92 Å². The molecule has 1 saturated heterocycles. The van der Waals surface area contributed by atoms with E-state index >= 15 is 0 Å². The first kappa shape index (κ1) is 16.0. The number of hydrogen-bond donors (Lipinski definition) is 1. The van der Waals surface area contributed by atoms with Crippen LogP contribution in [-0.4, -0.2) is 42.3 Å². The SMILES string of the molecule is COC(=O)c1oc([C@H](C)N2CCC[C@H]([C@@H](C)O)C2)cc1C. The van der Waals surface area contributed by atoms with Gasteiger partial charge in [-0.3, -0.25) is 4.90 Å². The Kier molecular flexibility index (Phi) is 5.06. The van der Waals surface area contributed by atoms with Crippen molar-refractivity contribution in [3.05, 3.63) is 23.2 Å². The number of methoxy groups -OCH3 is 1. The normalized spacial score (nSPS) is 22.8. The smallest absolute Gasteiger partial charge is 0.374 e. The zero-order valence-corrected chi connectivity index (χ0v) is 13.3. The molecule has 2 heterocycles. The van der Waals surface area contributed by atoms with Crippen LogP contribution in [0, 0.1) is 12.8 Å². The highest BCUT2D eigenvalue weighted by molar-refractivity contribution is 5.87. The molecule has 1 fully saturated rings. The predicted molar refractivity (Wildman–Crippen MR) is 79.2 cm³/mol. The van der Waals surface area contributed by atoms with Crippen molar-refractivity contribution in [2.24, 2.45) is 5.92 Å². The molecule has 0 amide bonds. The molecule has 0 spiro atoms. The summed E-state index contributed by atoms with van der Waals surface area (Å²) in [6, 6.07) is 1.99. The summed E-state index contributed by atoms with van der Waals surface area (Å²) in [5, 5.41) is 9.79. The number of piperidine rings is 1. The summed E-state index contributed by atoms with van der Waals surface area (Å²) < 4.78 is 10.4. The first-order valence-corrected chi connectivity index (χ1v) is 7.54. The van der Waals surface area contributed by atoms with Crippen LogP contribution in [0.25, 0.3) is 0 Å². The highest BCUT2D eigenvalue weighted by atomic mass is 16.5. The monoisotopic (exact) mass is 295 g/mol. The number of rotatable bonds is 4. The maximum atomic E-state index is 11.6. The lowest BCUT2D eigenvalue weighted by Gasteiger charge is -2.37. The molecule has 1 aliphatic rings. The lowest BCUT2D eigenvalue weighted by molar-refractivity contribution is 0.0415. The molecule has 0 aromatic carbocycles. The number of carbonyl (C=O) groups is 1. The van der Waals surface area contributed by atoms with Crippen molar-refractivity contribution in [3.8, 4) is 0 Å². The van der Waals surface area contributed by atoms with Gasteiger partial charge < -0.3 is 14.3 Å². The second-order valence-corrected chi connectivity index (χ2v) is 5.97. The van der Waals surface area contributed by atoms with Gasteiger partial charge >= 0.3 is 5.97 Å². The van der Waals surface area contributed by atoms with Gasteiger partial charge in [-0.25, -0.2) is 4.79 Å². The van der Waals surface area contributed by atoms with Gasteiger partial charge in [0.1, 0.15) is 5.76 Å². The van der Waals surface area contributed by atoms with Crippen LogP contribution < -0.4 is 0 Å². The number of furan rings is 1. The summed E-state index contributed by atoms with van der Waals surface area (Å²) in [5.74, 6) is 0.923. The minimum Gasteiger partial charge on any atom is -0.463 e. The molecule has 1 aliphatic heterocycles. The molecular weight excluding hydrogens is 270 g/mol. The Hall–Kier alpha value is -1.33. The molecule has 5 heteroatoms. The van der Waals surface area contributed by atoms with Crippen molar-refractivity contribution < 1.29 is 19.1 Å². The van der Waals surface area contributed by atoms with Crippen LogP contribution >= 0.6 is 0 Å². The minimum absolute atomic E-state index is 0.0867. The number of likely N-dealkylation sites (tertiary alicyclic amines) is 1. The number of aliphatic hydroxyl groups is 1. The molecular formula is C16H25NO4. The number of aryl methyl sites for hydroxylation is 1. The van der Waals surface area contributed by atoms with Crippen molar-refractivity contribution >= 4 is 5.97 Å². The number of aliphatic hydroxyl groups excluding tert-OH is 1. The van der Waals surface area contributed by atoms with Gasteiger partial charge in [0.15, 0.2) is 0 Å². The predicted octanol–water partition coefficient (Wildman–Crippen LogP) is 2.53. The topological polar surface area (TPSA) is 62.9 Å². The Morgan fingerprint density at radius 2 is 2.24 bits per heavy atom. The summed E-state index contributed by atoms with van der Waals surface area (Å²) in [7, 11) is 1.35. The Morgan fingerprint density at radius 3 is 2.86 bits per heavy atom. The zero-order chi connectivity index (χ0) is 15.6. The Labute approximate surface area is 125 Å². The van der Waals surface area contributed by atoms with Crippen LogP contribution in [0.4, 0.5) is 0 Å². The molecule has 1 N–H and O–H groups in total. The summed E-state index contributed by atoms with van der Waals surface area (Å²) in [5.41, 5.74) is 0.799. The maximum absolute atomic E-state index is 11.6. The number of ether oxygens (including phenoxy) is 1. The largest absolute Gasteiger partial charge is 0.463 e. The highest BCUT2D eigenvalue weighted by Crippen LogP contribution is 2.30. The van der Waals surface area contributed by atoms with Crippen molar-refractivity contribution in [1.29, 1.82) is 0 Å². The zero-order valence-electron chi connectivity index (χ0n) is 13.3. The van der Waals surface area contributed by atoms with Crippen LogP contribution in [0.2, 0.25) is 0 Å². The first-order chi connectivity index (χ1) is 9.93. The molecule has 1 aromatic rings. The fraction of sp³-hybridized carbons (Fsp3) is 0.688. The second kappa shape index (κ2) is 6.62. The molecule has 118 valence electrons. The number of hydrogen-bond acceptors (Lipinski definition) is 5. The van der Waals surface area contributed by atoms with Crippen LogP contribution in [-0.2, 0) is 4.74 Å². The third-order valence-electron chi connectivity index (χ3n) is 4.44. The minimum atomic E-state index is -0.438. The van der Waals surface area contributed by atoms with E-state index in [9.17, 15) is 9.90 Å². The Balaban J connectivity index is 2.12. The first-order valence-electron chi connectivity index (χ1n) is 7.54. The average Bonchev–Trinajstić information content (AvgIpc) is 2.87. The van der Waals surface area contributed by atoms with Gasteiger partial charge in [0, 0.05) is 12.1 Å². The average molecular weight is 295 g/mol. The van der Waals surface area contributed by atoms with E-state index in [-0.39, 0.29) is 17.9 Å². The van der Waals surface area contributed by atoms with E-state index in [0.717, 1.165) is 37.3 Å². The molecule has 0 unspecified atom stereocenters. The van der Waals surface area contributed by atoms with E-state index in [1.54, 1.807) is 0 Å². The fourth-order valence-electron chi connectivity index (χ4n) is 2.97. The molecule has 5 nitrogen and oxygen atoms in total. The van der Waals surface area contributed by atoms with E-state index in [4.69, 9.17) is 9.15 Å². The van der Waals surface area contributed by atoms with Gasteiger partial charge in [0.2, 0.25) is 5.76 Å². The molecule has 0 bridgehead atoms. The Morgan fingerprint density at radius 1 is 1.52 bits per heavy atom. The third-order valence-corrected chi connectivity index (χ3v) is 4.44. The second-order valence-electron chi connectivity index (χ2n) is 5.97. The summed E-state index contributed by atoms with van der Waals surface area (Å²) in [6.45, 7) is 7.61. The molecule has 2 rings (SSSR count). The summed E-state index contributed by atoms with van der Waals surface area (Å²) in [6.07, 6.45) is 1.85. The number of esters is 1. The molecule has 1 aromatic heterocycles. The molecule has 0 aliphatic carbocycles. The van der Waals surface area contributed by atoms with Gasteiger partial charge in [-0.1, -0.05) is 0 Å². The molecule has 0 radical (unpaired) electrons. The highest BCUT2D eigenvalue weighted by Gasteiger charge is 2.29. The van der Waals surface area contributed by atoms with E-state index in [2.05, 4.69) is 11.8 Å². The van der Waals surface area contributed by atoms with Crippen molar-refractivity contribution in [2.75, 3.05) is 20.2 Å². The lowest BCUT2D eigenvalue weighted by Crippen LogP contribution is -2.40. The van der Waals surface area contributed by atoms with E-state index < -0.39 is 5.97 Å². The number of nitrogens with zero attached hydrogens (tertiary/aromatic N) is 1. The molecule has 21 heavy (non-hydrogen) atoms. The number of carbonyl (C=O) groups excluding carboxylic acids is 1.